The van der Waals surface area contributed by atoms with E-state index >= 15 is 0 Å². The maximum atomic E-state index is 14.5. The summed E-state index contributed by atoms with van der Waals surface area (Å²) in [5.41, 5.74) is 7.55. The molecule has 0 spiro atoms. The van der Waals surface area contributed by atoms with Gasteiger partial charge in [0.1, 0.15) is 11.2 Å². The summed E-state index contributed by atoms with van der Waals surface area (Å²) in [7, 11) is 0. The van der Waals surface area contributed by atoms with Gasteiger partial charge in [0.2, 0.25) is 0 Å². The van der Waals surface area contributed by atoms with E-state index in [1.807, 2.05) is 0 Å². The van der Waals surface area contributed by atoms with Gasteiger partial charge in [0.05, 0.1) is 24.0 Å². The Morgan fingerprint density at radius 2 is 0.846 bits per heavy atom. The van der Waals surface area contributed by atoms with Crippen molar-refractivity contribution >= 4 is 11.6 Å². The second-order valence-corrected chi connectivity index (χ2v) is 17.5. The summed E-state index contributed by atoms with van der Waals surface area (Å²) in [4.78, 5) is 29.0. The van der Waals surface area contributed by atoms with Crippen molar-refractivity contribution in [1.29, 1.82) is 0 Å². The number of carbonyl (C=O) groups excluding carboxylic acids is 2. The van der Waals surface area contributed by atoms with Gasteiger partial charge in [0.15, 0.2) is 11.6 Å². The lowest BCUT2D eigenvalue weighted by Crippen LogP contribution is -2.40. The smallest absolute Gasteiger partial charge is 0.170 e. The van der Waals surface area contributed by atoms with E-state index in [0.717, 1.165) is 36.8 Å². The standard InChI is InChI=1S/C48H66O4/c1-5-7-9-11-13-15-17-19-21-23-25-33-29-35-36(30-34(33)26-24-22-20-18-16-14-12-10-8-6-2)44(50)42-41(43(35)49)45-37-31-39-40(32-38(37)46(42)51-45)48(4)28-27-47(39,3)52-48/h27-32,41-42,45-46H,5-26H2,1-4H3/t41-,42+,45+,46-,47?,48?. The topological polar surface area (TPSA) is 52.6 Å². The highest BCUT2D eigenvalue weighted by atomic mass is 16.5. The minimum absolute atomic E-state index is 0.115. The van der Waals surface area contributed by atoms with Gasteiger partial charge in [-0.2, -0.15) is 0 Å². The summed E-state index contributed by atoms with van der Waals surface area (Å²) in [6, 6.07) is 8.78. The first-order chi connectivity index (χ1) is 25.3. The SMILES string of the molecule is CCCCCCCCCCCCc1cc2c(cc1CCCCCCCCCCCC)C(=O)[C@H]1[C@@H](C2=O)[C@@H]2O[C@H]1c1cc3c(cc12)C1(C)C=CC3(C)O1. The van der Waals surface area contributed by atoms with Gasteiger partial charge in [-0.15, -0.1) is 0 Å². The molecule has 0 radical (unpaired) electrons. The molecule has 282 valence electrons. The van der Waals surface area contributed by atoms with Crippen molar-refractivity contribution in [2.45, 2.75) is 192 Å². The van der Waals surface area contributed by atoms with Gasteiger partial charge in [0.25, 0.3) is 0 Å². The fraction of sp³-hybridized carbons (Fsp3) is 0.667. The third kappa shape index (κ3) is 7.29. The minimum Gasteiger partial charge on any atom is -0.364 e. The molecule has 1 saturated heterocycles. The van der Waals surface area contributed by atoms with Crippen molar-refractivity contribution in [3.8, 4) is 0 Å². The number of unbranched alkanes of at least 4 members (excludes halogenated alkanes) is 18. The van der Waals surface area contributed by atoms with E-state index in [9.17, 15) is 9.59 Å². The van der Waals surface area contributed by atoms with Crippen LogP contribution in [0.2, 0.25) is 0 Å². The van der Waals surface area contributed by atoms with Crippen LogP contribution >= 0.6 is 0 Å². The quantitative estimate of drug-likeness (QED) is 0.0903. The van der Waals surface area contributed by atoms with Crippen molar-refractivity contribution in [3.63, 3.8) is 0 Å². The summed E-state index contributed by atoms with van der Waals surface area (Å²) in [6.45, 7) is 8.81. The number of carbonyl (C=O) groups is 2. The zero-order chi connectivity index (χ0) is 36.3. The van der Waals surface area contributed by atoms with Crippen molar-refractivity contribution in [2.24, 2.45) is 11.8 Å². The molecule has 4 aliphatic heterocycles. The number of ether oxygens (including phenoxy) is 2. The van der Waals surface area contributed by atoms with Crippen molar-refractivity contribution < 1.29 is 19.1 Å². The summed E-state index contributed by atoms with van der Waals surface area (Å²) < 4.78 is 13.1. The number of rotatable bonds is 22. The molecule has 1 fully saturated rings. The molecule has 2 aromatic rings. The molecule has 6 atom stereocenters. The second-order valence-electron chi connectivity index (χ2n) is 17.5. The number of hydrogen-bond donors (Lipinski definition) is 0. The average Bonchev–Trinajstić information content (AvgIpc) is 3.86. The third-order valence-corrected chi connectivity index (χ3v) is 13.5. The van der Waals surface area contributed by atoms with Crippen LogP contribution in [0.15, 0.2) is 36.4 Å². The van der Waals surface area contributed by atoms with Crippen LogP contribution in [0.4, 0.5) is 0 Å². The Labute approximate surface area is 314 Å². The molecule has 4 bridgehead atoms. The average molecular weight is 707 g/mol. The van der Waals surface area contributed by atoms with E-state index in [-0.39, 0.29) is 23.8 Å². The zero-order valence-corrected chi connectivity index (χ0v) is 33.0. The monoisotopic (exact) mass is 706 g/mol. The summed E-state index contributed by atoms with van der Waals surface area (Å²) in [5.74, 6) is -0.646. The summed E-state index contributed by atoms with van der Waals surface area (Å²) >= 11 is 0. The Morgan fingerprint density at radius 3 is 1.21 bits per heavy atom. The van der Waals surface area contributed by atoms with Gasteiger partial charge in [-0.05, 0) is 109 Å². The van der Waals surface area contributed by atoms with Gasteiger partial charge in [0, 0.05) is 11.1 Å². The Balaban J connectivity index is 1.04. The molecular formula is C48H66O4. The van der Waals surface area contributed by atoms with Gasteiger partial charge >= 0.3 is 0 Å². The van der Waals surface area contributed by atoms with E-state index < -0.39 is 23.0 Å². The lowest BCUT2D eigenvalue weighted by atomic mass is 9.64. The van der Waals surface area contributed by atoms with E-state index in [2.05, 4.69) is 64.1 Å². The van der Waals surface area contributed by atoms with E-state index in [1.165, 1.54) is 138 Å². The lowest BCUT2D eigenvalue weighted by molar-refractivity contribution is -0.0496. The highest BCUT2D eigenvalue weighted by Gasteiger charge is 2.62. The molecule has 4 heteroatoms. The van der Waals surface area contributed by atoms with Crippen LogP contribution in [-0.4, -0.2) is 11.6 Å². The molecule has 2 aromatic carbocycles. The van der Waals surface area contributed by atoms with Gasteiger partial charge in [-0.25, -0.2) is 0 Å². The molecule has 0 N–H and O–H groups in total. The molecule has 7 rings (SSSR count). The minimum atomic E-state index is -0.451. The Morgan fingerprint density at radius 1 is 0.500 bits per heavy atom. The van der Waals surface area contributed by atoms with Gasteiger partial charge < -0.3 is 9.47 Å². The van der Waals surface area contributed by atoms with Crippen LogP contribution in [0.5, 0.6) is 0 Å². The molecule has 4 heterocycles. The first kappa shape index (κ1) is 37.7. The lowest BCUT2D eigenvalue weighted by Gasteiger charge is -2.34. The fourth-order valence-electron chi connectivity index (χ4n) is 10.4. The second kappa shape index (κ2) is 16.4. The van der Waals surface area contributed by atoms with E-state index in [0.29, 0.717) is 11.1 Å². The number of fused-ring (bicyclic) bond motifs is 14. The number of Topliss-reactive ketones (excluding diaryl/α,β-unsaturated/α-hetero) is 2. The molecule has 1 aliphatic carbocycles. The number of aryl methyl sites for hydroxylation is 2. The van der Waals surface area contributed by atoms with Crippen LogP contribution < -0.4 is 0 Å². The van der Waals surface area contributed by atoms with E-state index in [4.69, 9.17) is 9.47 Å². The third-order valence-electron chi connectivity index (χ3n) is 13.5. The van der Waals surface area contributed by atoms with E-state index in [1.54, 1.807) is 0 Å². The molecule has 0 aromatic heterocycles. The van der Waals surface area contributed by atoms with Crippen LogP contribution in [-0.2, 0) is 33.5 Å². The molecule has 52 heavy (non-hydrogen) atoms. The zero-order valence-electron chi connectivity index (χ0n) is 33.0. The summed E-state index contributed by atoms with van der Waals surface area (Å²) in [6.07, 6.45) is 31.9. The molecule has 5 aliphatic rings. The number of benzene rings is 2. The Kier molecular flexibility index (Phi) is 11.9. The Hall–Kier alpha value is -2.56. The Bertz CT molecular complexity index is 1520. The maximum Gasteiger partial charge on any atom is 0.170 e. The number of ketones is 2. The maximum absolute atomic E-state index is 14.5. The van der Waals surface area contributed by atoms with Gasteiger partial charge in [-0.1, -0.05) is 129 Å². The largest absolute Gasteiger partial charge is 0.364 e. The highest BCUT2D eigenvalue weighted by molar-refractivity contribution is 6.17. The summed E-state index contributed by atoms with van der Waals surface area (Å²) in [5, 5.41) is 0. The first-order valence-electron chi connectivity index (χ1n) is 21.8. The number of hydrogen-bond acceptors (Lipinski definition) is 4. The van der Waals surface area contributed by atoms with Crippen molar-refractivity contribution in [2.75, 3.05) is 0 Å². The molecule has 4 nitrogen and oxygen atoms in total. The predicted octanol–water partition coefficient (Wildman–Crippen LogP) is 13.1. The molecular weight excluding hydrogens is 641 g/mol. The predicted molar refractivity (Wildman–Crippen MR) is 211 cm³/mol. The molecule has 0 saturated carbocycles. The first-order valence-corrected chi connectivity index (χ1v) is 21.8. The van der Waals surface area contributed by atoms with Crippen LogP contribution in [0.3, 0.4) is 0 Å². The highest BCUT2D eigenvalue weighted by Crippen LogP contribution is 2.63. The van der Waals surface area contributed by atoms with Crippen LogP contribution in [0.1, 0.15) is 222 Å². The van der Waals surface area contributed by atoms with Crippen molar-refractivity contribution in [3.05, 3.63) is 80.9 Å². The van der Waals surface area contributed by atoms with Crippen LogP contribution in [0.25, 0.3) is 0 Å². The molecule has 0 amide bonds. The molecule has 2 unspecified atom stereocenters. The van der Waals surface area contributed by atoms with Crippen molar-refractivity contribution in [1.82, 2.24) is 0 Å². The van der Waals surface area contributed by atoms with Gasteiger partial charge in [-0.3, -0.25) is 9.59 Å². The fourth-order valence-corrected chi connectivity index (χ4v) is 10.4. The van der Waals surface area contributed by atoms with Crippen LogP contribution in [0, 0.1) is 11.8 Å². The normalized spacial score (nSPS) is 27.4.